The van der Waals surface area contributed by atoms with Crippen molar-refractivity contribution < 1.29 is 4.52 Å². The summed E-state index contributed by atoms with van der Waals surface area (Å²) >= 11 is 1.77. The molecule has 6 nitrogen and oxygen atoms in total. The molecule has 4 rings (SSSR count). The van der Waals surface area contributed by atoms with Gasteiger partial charge in [0.1, 0.15) is 0 Å². The number of nitrogens with zero attached hydrogens (tertiary/aromatic N) is 5. The summed E-state index contributed by atoms with van der Waals surface area (Å²) in [6, 6.07) is 8.30. The molecule has 1 saturated heterocycles. The zero-order chi connectivity index (χ0) is 15.8. The van der Waals surface area contributed by atoms with Crippen molar-refractivity contribution in [1.82, 2.24) is 15.1 Å². The van der Waals surface area contributed by atoms with Crippen molar-refractivity contribution in [2.24, 2.45) is 0 Å². The Hall–Kier alpha value is -2.15. The third kappa shape index (κ3) is 2.76. The van der Waals surface area contributed by atoms with Gasteiger partial charge in [-0.05, 0) is 30.1 Å². The molecule has 3 heterocycles. The predicted molar refractivity (Wildman–Crippen MR) is 92.4 cm³/mol. The van der Waals surface area contributed by atoms with Gasteiger partial charge in [-0.1, -0.05) is 23.5 Å². The maximum absolute atomic E-state index is 5.42. The van der Waals surface area contributed by atoms with Crippen LogP contribution >= 0.6 is 11.3 Å². The molecular formula is C16H19N5OS. The van der Waals surface area contributed by atoms with E-state index in [1.807, 2.05) is 25.1 Å². The number of anilines is 2. The second kappa shape index (κ2) is 5.81. The van der Waals surface area contributed by atoms with E-state index in [0.29, 0.717) is 11.9 Å². The van der Waals surface area contributed by atoms with E-state index < -0.39 is 0 Å². The molecule has 1 aromatic carbocycles. The molecule has 1 fully saturated rings. The minimum Gasteiger partial charge on any atom is -0.348 e. The summed E-state index contributed by atoms with van der Waals surface area (Å²) < 4.78 is 6.67. The highest BCUT2D eigenvalue weighted by molar-refractivity contribution is 7.22. The van der Waals surface area contributed by atoms with Crippen LogP contribution in [0.25, 0.3) is 10.2 Å². The monoisotopic (exact) mass is 329 g/mol. The molecule has 23 heavy (non-hydrogen) atoms. The van der Waals surface area contributed by atoms with Crippen LogP contribution in [0.15, 0.2) is 28.8 Å². The number of fused-ring (bicyclic) bond motifs is 1. The maximum atomic E-state index is 5.42. The van der Waals surface area contributed by atoms with E-state index >= 15 is 0 Å². The third-order valence-corrected chi connectivity index (χ3v) is 5.33. The Morgan fingerprint density at radius 1 is 1.17 bits per heavy atom. The summed E-state index contributed by atoms with van der Waals surface area (Å²) in [4.78, 5) is 13.5. The van der Waals surface area contributed by atoms with Crippen molar-refractivity contribution >= 4 is 32.6 Å². The fourth-order valence-electron chi connectivity index (χ4n) is 2.89. The zero-order valence-electron chi connectivity index (χ0n) is 13.3. The quantitative estimate of drug-likeness (QED) is 0.736. The van der Waals surface area contributed by atoms with Crippen molar-refractivity contribution in [2.45, 2.75) is 18.8 Å². The van der Waals surface area contributed by atoms with Gasteiger partial charge in [-0.2, -0.15) is 4.98 Å². The molecule has 120 valence electrons. The van der Waals surface area contributed by atoms with E-state index in [1.165, 1.54) is 4.70 Å². The second-order valence-electron chi connectivity index (χ2n) is 6.05. The van der Waals surface area contributed by atoms with Gasteiger partial charge >= 0.3 is 0 Å². The Morgan fingerprint density at radius 2 is 1.96 bits per heavy atom. The van der Waals surface area contributed by atoms with E-state index in [-0.39, 0.29) is 0 Å². The van der Waals surface area contributed by atoms with Crippen LogP contribution in [0.1, 0.15) is 24.7 Å². The van der Waals surface area contributed by atoms with Gasteiger partial charge in [0.15, 0.2) is 5.13 Å². The first-order chi connectivity index (χ1) is 11.2. The van der Waals surface area contributed by atoms with Crippen molar-refractivity contribution in [1.29, 1.82) is 0 Å². The molecule has 0 aliphatic carbocycles. The molecule has 0 N–H and O–H groups in total. The molecule has 0 radical (unpaired) electrons. The van der Waals surface area contributed by atoms with Crippen molar-refractivity contribution in [3.8, 4) is 0 Å². The van der Waals surface area contributed by atoms with Crippen LogP contribution < -0.4 is 9.80 Å². The standard InChI is InChI=1S/C16H19N5OS/c1-20(2)15-18-14(22-19-15)11-7-9-21(10-8-11)16-17-12-5-3-4-6-13(12)23-16/h3-6,11H,7-10H2,1-2H3. The molecule has 3 aromatic rings. The fraction of sp³-hybridized carbons (Fsp3) is 0.438. The average molecular weight is 329 g/mol. The molecule has 0 atom stereocenters. The van der Waals surface area contributed by atoms with E-state index in [1.54, 1.807) is 11.3 Å². The van der Waals surface area contributed by atoms with E-state index in [4.69, 9.17) is 9.51 Å². The molecule has 0 saturated carbocycles. The summed E-state index contributed by atoms with van der Waals surface area (Å²) in [5.41, 5.74) is 1.09. The lowest BCUT2D eigenvalue weighted by Gasteiger charge is -2.29. The van der Waals surface area contributed by atoms with E-state index in [0.717, 1.165) is 42.5 Å². The minimum atomic E-state index is 0.349. The van der Waals surface area contributed by atoms with Gasteiger partial charge in [0.05, 0.1) is 10.2 Å². The Labute approximate surface area is 138 Å². The van der Waals surface area contributed by atoms with Crippen LogP contribution in [0.2, 0.25) is 0 Å². The van der Waals surface area contributed by atoms with Gasteiger partial charge in [-0.3, -0.25) is 0 Å². The van der Waals surface area contributed by atoms with Gasteiger partial charge in [-0.15, -0.1) is 0 Å². The van der Waals surface area contributed by atoms with Gasteiger partial charge < -0.3 is 14.3 Å². The molecule has 7 heteroatoms. The van der Waals surface area contributed by atoms with Gasteiger partial charge in [-0.25, -0.2) is 4.98 Å². The highest BCUT2D eigenvalue weighted by Crippen LogP contribution is 2.34. The largest absolute Gasteiger partial charge is 0.348 e. The summed E-state index contributed by atoms with van der Waals surface area (Å²) in [6.07, 6.45) is 2.04. The zero-order valence-corrected chi connectivity index (χ0v) is 14.1. The highest BCUT2D eigenvalue weighted by Gasteiger charge is 2.26. The third-order valence-electron chi connectivity index (χ3n) is 4.23. The smallest absolute Gasteiger partial charge is 0.265 e. The molecule has 0 amide bonds. The molecular weight excluding hydrogens is 310 g/mol. The fourth-order valence-corrected chi connectivity index (χ4v) is 3.90. The SMILES string of the molecule is CN(C)c1noc(C2CCN(c3nc4ccccc4s3)CC2)n1. The molecule has 0 bridgehead atoms. The van der Waals surface area contributed by atoms with Crippen LogP contribution in [0.4, 0.5) is 11.1 Å². The minimum absolute atomic E-state index is 0.349. The number of aromatic nitrogens is 3. The first-order valence-electron chi connectivity index (χ1n) is 7.82. The highest BCUT2D eigenvalue weighted by atomic mass is 32.1. The number of para-hydroxylation sites is 1. The van der Waals surface area contributed by atoms with E-state index in [9.17, 15) is 0 Å². The first kappa shape index (κ1) is 14.4. The van der Waals surface area contributed by atoms with Crippen LogP contribution in [0.5, 0.6) is 0 Å². The Bertz CT molecular complexity index is 771. The van der Waals surface area contributed by atoms with Crippen molar-refractivity contribution in [3.05, 3.63) is 30.2 Å². The molecule has 0 spiro atoms. The van der Waals surface area contributed by atoms with Gasteiger partial charge in [0.2, 0.25) is 5.89 Å². The lowest BCUT2D eigenvalue weighted by atomic mass is 9.97. The summed E-state index contributed by atoms with van der Waals surface area (Å²) in [5, 5.41) is 5.13. The summed E-state index contributed by atoms with van der Waals surface area (Å²) in [5.74, 6) is 1.76. The second-order valence-corrected chi connectivity index (χ2v) is 7.06. The number of rotatable bonds is 3. The van der Waals surface area contributed by atoms with Crippen LogP contribution in [0, 0.1) is 0 Å². The topological polar surface area (TPSA) is 58.3 Å². The Morgan fingerprint density at radius 3 is 2.65 bits per heavy atom. The summed E-state index contributed by atoms with van der Waals surface area (Å²) in [6.45, 7) is 1.95. The van der Waals surface area contributed by atoms with Crippen LogP contribution in [-0.2, 0) is 0 Å². The van der Waals surface area contributed by atoms with Gasteiger partial charge in [0.25, 0.3) is 5.95 Å². The summed E-state index contributed by atoms with van der Waals surface area (Å²) in [7, 11) is 3.84. The average Bonchev–Trinajstić information content (AvgIpc) is 3.22. The van der Waals surface area contributed by atoms with Crippen molar-refractivity contribution in [2.75, 3.05) is 37.0 Å². The molecule has 0 unspecified atom stereocenters. The number of piperidine rings is 1. The molecule has 1 aliphatic heterocycles. The normalized spacial score (nSPS) is 16.2. The van der Waals surface area contributed by atoms with Crippen LogP contribution in [0.3, 0.4) is 0 Å². The first-order valence-corrected chi connectivity index (χ1v) is 8.64. The predicted octanol–water partition coefficient (Wildman–Crippen LogP) is 3.13. The number of hydrogen-bond donors (Lipinski definition) is 0. The van der Waals surface area contributed by atoms with E-state index in [2.05, 4.69) is 33.2 Å². The number of hydrogen-bond acceptors (Lipinski definition) is 7. The maximum Gasteiger partial charge on any atom is 0.265 e. The number of benzene rings is 1. The lowest BCUT2D eigenvalue weighted by molar-refractivity contribution is 0.329. The van der Waals surface area contributed by atoms with Crippen LogP contribution in [-0.4, -0.2) is 42.3 Å². The lowest BCUT2D eigenvalue weighted by Crippen LogP contribution is -2.32. The Kier molecular flexibility index (Phi) is 3.65. The Balaban J connectivity index is 1.45. The molecule has 2 aromatic heterocycles. The van der Waals surface area contributed by atoms with Crippen molar-refractivity contribution in [3.63, 3.8) is 0 Å². The molecule has 1 aliphatic rings. The van der Waals surface area contributed by atoms with Gasteiger partial charge in [0, 0.05) is 33.1 Å². The number of thiazole rings is 1.